The number of sulfone groups is 1. The predicted octanol–water partition coefficient (Wildman–Crippen LogP) is 0.803. The summed E-state index contributed by atoms with van der Waals surface area (Å²) in [6.45, 7) is 0. The van der Waals surface area contributed by atoms with Crippen molar-refractivity contribution in [3.63, 3.8) is 0 Å². The van der Waals surface area contributed by atoms with Gasteiger partial charge >= 0.3 is 0 Å². The fourth-order valence-corrected chi connectivity index (χ4v) is 4.98. The Kier molecular flexibility index (Phi) is 3.87. The van der Waals surface area contributed by atoms with Gasteiger partial charge in [-0.2, -0.15) is 0 Å². The summed E-state index contributed by atoms with van der Waals surface area (Å²) in [5.74, 6) is 1.23. The first-order valence-corrected chi connectivity index (χ1v) is 8.56. The number of hydrogen-bond acceptors (Lipinski definition) is 4. The summed E-state index contributed by atoms with van der Waals surface area (Å²) in [4.78, 5) is 0. The molecular formula is C10H16BrN3O2S. The van der Waals surface area contributed by atoms with Crippen molar-refractivity contribution in [2.75, 3.05) is 16.8 Å². The van der Waals surface area contributed by atoms with E-state index in [0.29, 0.717) is 17.4 Å². The number of alkyl halides is 1. The average molecular weight is 322 g/mol. The van der Waals surface area contributed by atoms with Crippen LogP contribution in [-0.4, -0.2) is 40.2 Å². The molecule has 0 amide bonds. The zero-order chi connectivity index (χ0) is 12.5. The molecular weight excluding hydrogens is 306 g/mol. The molecule has 1 fully saturated rings. The molecule has 5 nitrogen and oxygen atoms in total. The predicted molar refractivity (Wildman–Crippen MR) is 68.8 cm³/mol. The van der Waals surface area contributed by atoms with Gasteiger partial charge in [0, 0.05) is 18.6 Å². The number of rotatable bonds is 4. The molecule has 0 saturated carbocycles. The van der Waals surface area contributed by atoms with Crippen LogP contribution in [0, 0.1) is 11.8 Å². The Morgan fingerprint density at radius 2 is 2.41 bits per heavy atom. The zero-order valence-corrected chi connectivity index (χ0v) is 12.1. The van der Waals surface area contributed by atoms with Crippen LogP contribution < -0.4 is 0 Å². The van der Waals surface area contributed by atoms with Crippen LogP contribution in [0.15, 0.2) is 6.20 Å². The van der Waals surface area contributed by atoms with Gasteiger partial charge in [-0.15, -0.1) is 5.10 Å². The Balaban J connectivity index is 2.02. The van der Waals surface area contributed by atoms with E-state index in [1.54, 1.807) is 4.68 Å². The summed E-state index contributed by atoms with van der Waals surface area (Å²) in [6.07, 6.45) is 3.46. The summed E-state index contributed by atoms with van der Waals surface area (Å²) in [7, 11) is -0.967. The molecule has 96 valence electrons. The zero-order valence-electron chi connectivity index (χ0n) is 9.71. The van der Waals surface area contributed by atoms with Gasteiger partial charge in [0.1, 0.15) is 0 Å². The van der Waals surface area contributed by atoms with Crippen molar-refractivity contribution in [1.29, 1.82) is 0 Å². The van der Waals surface area contributed by atoms with E-state index in [1.807, 2.05) is 13.2 Å². The highest BCUT2D eigenvalue weighted by Gasteiger charge is 2.33. The van der Waals surface area contributed by atoms with Crippen molar-refractivity contribution in [2.45, 2.75) is 12.8 Å². The molecule has 0 radical (unpaired) electrons. The highest BCUT2D eigenvalue weighted by Crippen LogP contribution is 2.29. The second kappa shape index (κ2) is 5.06. The van der Waals surface area contributed by atoms with E-state index in [9.17, 15) is 8.42 Å². The van der Waals surface area contributed by atoms with Crippen molar-refractivity contribution in [3.05, 3.63) is 11.9 Å². The van der Waals surface area contributed by atoms with Crippen LogP contribution in [0.25, 0.3) is 0 Å². The van der Waals surface area contributed by atoms with E-state index in [0.717, 1.165) is 23.9 Å². The van der Waals surface area contributed by atoms with Gasteiger partial charge in [-0.1, -0.05) is 21.1 Å². The molecule has 17 heavy (non-hydrogen) atoms. The summed E-state index contributed by atoms with van der Waals surface area (Å²) >= 11 is 3.48. The minimum absolute atomic E-state index is 0.251. The number of nitrogens with zero attached hydrogens (tertiary/aromatic N) is 3. The molecule has 1 saturated heterocycles. The second-order valence-corrected chi connectivity index (χ2v) is 7.54. The topological polar surface area (TPSA) is 64.8 Å². The summed E-state index contributed by atoms with van der Waals surface area (Å²) in [5, 5.41) is 8.76. The molecule has 2 atom stereocenters. The lowest BCUT2D eigenvalue weighted by Gasteiger charge is -2.18. The molecule has 0 bridgehead atoms. The van der Waals surface area contributed by atoms with E-state index in [2.05, 4.69) is 26.2 Å². The number of hydrogen-bond donors (Lipinski definition) is 0. The number of aromatic nitrogens is 3. The van der Waals surface area contributed by atoms with Crippen LogP contribution >= 0.6 is 15.9 Å². The molecule has 2 rings (SSSR count). The van der Waals surface area contributed by atoms with Crippen LogP contribution in [0.5, 0.6) is 0 Å². The molecule has 0 spiro atoms. The monoisotopic (exact) mass is 321 g/mol. The van der Waals surface area contributed by atoms with Gasteiger partial charge in [-0.3, -0.25) is 4.68 Å². The number of aryl methyl sites for hydroxylation is 1. The fraction of sp³-hybridized carbons (Fsp3) is 0.800. The van der Waals surface area contributed by atoms with Gasteiger partial charge in [-0.25, -0.2) is 8.42 Å². The molecule has 0 aromatic carbocycles. The first-order valence-electron chi connectivity index (χ1n) is 5.62. The van der Waals surface area contributed by atoms with Crippen LogP contribution in [0.3, 0.4) is 0 Å². The normalized spacial score (nSPS) is 24.9. The Morgan fingerprint density at radius 3 is 2.88 bits per heavy atom. The van der Waals surface area contributed by atoms with Crippen LogP contribution in [0.1, 0.15) is 12.1 Å². The maximum Gasteiger partial charge on any atom is 0.150 e. The first-order chi connectivity index (χ1) is 8.00. The fourth-order valence-electron chi connectivity index (χ4n) is 2.30. The smallest absolute Gasteiger partial charge is 0.150 e. The minimum atomic E-state index is -2.80. The van der Waals surface area contributed by atoms with Gasteiger partial charge in [0.2, 0.25) is 0 Å². The first kappa shape index (κ1) is 13.0. The van der Waals surface area contributed by atoms with E-state index >= 15 is 0 Å². The van der Waals surface area contributed by atoms with E-state index < -0.39 is 9.84 Å². The summed E-state index contributed by atoms with van der Waals surface area (Å²) in [6, 6.07) is 0. The summed E-state index contributed by atoms with van der Waals surface area (Å²) in [5.41, 5.74) is 0.932. The molecule has 2 heterocycles. The van der Waals surface area contributed by atoms with Gasteiger partial charge in [0.05, 0.1) is 17.2 Å². The van der Waals surface area contributed by atoms with Crippen molar-refractivity contribution in [1.82, 2.24) is 15.0 Å². The van der Waals surface area contributed by atoms with Crippen molar-refractivity contribution in [3.8, 4) is 0 Å². The van der Waals surface area contributed by atoms with E-state index in [-0.39, 0.29) is 5.92 Å². The third-order valence-corrected chi connectivity index (χ3v) is 5.88. The third-order valence-electron chi connectivity index (χ3n) is 3.25. The van der Waals surface area contributed by atoms with E-state index in [1.165, 1.54) is 0 Å². The van der Waals surface area contributed by atoms with Crippen molar-refractivity contribution >= 4 is 25.8 Å². The summed E-state index contributed by atoms with van der Waals surface area (Å²) < 4.78 is 24.6. The molecule has 1 aromatic rings. The highest BCUT2D eigenvalue weighted by molar-refractivity contribution is 9.09. The maximum atomic E-state index is 11.5. The maximum absolute atomic E-state index is 11.5. The van der Waals surface area contributed by atoms with Crippen LogP contribution in [-0.2, 0) is 23.3 Å². The quantitative estimate of drug-likeness (QED) is 0.769. The van der Waals surface area contributed by atoms with Crippen LogP contribution in [0.4, 0.5) is 0 Å². The lowest BCUT2D eigenvalue weighted by atomic mass is 9.90. The lowest BCUT2D eigenvalue weighted by Crippen LogP contribution is -2.20. The molecule has 1 aromatic heterocycles. The minimum Gasteiger partial charge on any atom is -0.255 e. The van der Waals surface area contributed by atoms with Gasteiger partial charge < -0.3 is 0 Å². The molecule has 0 N–H and O–H groups in total. The van der Waals surface area contributed by atoms with Crippen molar-refractivity contribution in [2.24, 2.45) is 18.9 Å². The molecule has 1 aliphatic heterocycles. The second-order valence-electron chi connectivity index (χ2n) is 4.67. The molecule has 1 aliphatic rings. The highest BCUT2D eigenvalue weighted by atomic mass is 79.9. The van der Waals surface area contributed by atoms with Crippen molar-refractivity contribution < 1.29 is 8.42 Å². The largest absolute Gasteiger partial charge is 0.255 e. The lowest BCUT2D eigenvalue weighted by molar-refractivity contribution is 0.399. The Hall–Kier alpha value is -0.430. The Bertz CT molecular complexity index is 485. The SMILES string of the molecule is Cn1cc(CC(CBr)C2CCS(=O)(=O)C2)nn1. The Morgan fingerprint density at radius 1 is 1.65 bits per heavy atom. The van der Waals surface area contributed by atoms with Gasteiger partial charge in [-0.05, 0) is 24.7 Å². The van der Waals surface area contributed by atoms with Gasteiger partial charge in [0.25, 0.3) is 0 Å². The van der Waals surface area contributed by atoms with E-state index in [4.69, 9.17) is 0 Å². The van der Waals surface area contributed by atoms with Gasteiger partial charge in [0.15, 0.2) is 9.84 Å². The third kappa shape index (κ3) is 3.28. The molecule has 2 unspecified atom stereocenters. The molecule has 7 heteroatoms. The van der Waals surface area contributed by atoms with Crippen LogP contribution in [0.2, 0.25) is 0 Å². The standard InChI is InChI=1S/C10H16BrN3O2S/c1-14-6-10(12-13-14)4-9(5-11)8-2-3-17(15,16)7-8/h6,8-9H,2-5,7H2,1H3. The Labute approximate surface area is 110 Å². The molecule has 0 aliphatic carbocycles. The average Bonchev–Trinajstić information content (AvgIpc) is 2.81. The number of halogens is 1.